The first-order valence-corrected chi connectivity index (χ1v) is 9.39. The van der Waals surface area contributed by atoms with E-state index in [-0.39, 0.29) is 5.56 Å². The topological polar surface area (TPSA) is 109 Å². The third kappa shape index (κ3) is 3.78. The molecule has 2 aromatic rings. The van der Waals surface area contributed by atoms with Gasteiger partial charge in [-0.2, -0.15) is 0 Å². The summed E-state index contributed by atoms with van der Waals surface area (Å²) in [7, 11) is 0. The fourth-order valence-electron chi connectivity index (χ4n) is 3.40. The van der Waals surface area contributed by atoms with E-state index >= 15 is 0 Å². The number of nitrogens with two attached hydrogens (primary N) is 1. The second kappa shape index (κ2) is 7.75. The number of aliphatic carboxylic acids is 1. The average Bonchev–Trinajstić information content (AvgIpc) is 2.98. The van der Waals surface area contributed by atoms with Gasteiger partial charge in [0.25, 0.3) is 5.91 Å². The molecule has 6 nitrogen and oxygen atoms in total. The number of allylic oxidation sites excluding steroid dienone is 2. The highest BCUT2D eigenvalue weighted by molar-refractivity contribution is 7.17. The van der Waals surface area contributed by atoms with Gasteiger partial charge in [-0.05, 0) is 25.3 Å². The van der Waals surface area contributed by atoms with Crippen LogP contribution in [0.1, 0.15) is 28.1 Å². The number of thiophene rings is 1. The van der Waals surface area contributed by atoms with Gasteiger partial charge in [-0.15, -0.1) is 11.3 Å². The van der Waals surface area contributed by atoms with Crippen molar-refractivity contribution in [1.29, 1.82) is 0 Å². The summed E-state index contributed by atoms with van der Waals surface area (Å²) in [5.74, 6) is -3.50. The number of carbonyl (C=O) groups excluding carboxylic acids is 2. The zero-order valence-electron chi connectivity index (χ0n) is 14.8. The van der Waals surface area contributed by atoms with Crippen molar-refractivity contribution in [2.24, 2.45) is 17.6 Å². The number of carboxylic acids is 1. The summed E-state index contributed by atoms with van der Waals surface area (Å²) >= 11 is 1.27. The number of amides is 2. The van der Waals surface area contributed by atoms with E-state index in [0.717, 1.165) is 10.4 Å². The Morgan fingerprint density at radius 3 is 2.33 bits per heavy atom. The number of carbonyl (C=O) groups is 3. The summed E-state index contributed by atoms with van der Waals surface area (Å²) in [6.07, 6.45) is 4.26. The number of carboxylic acid groups (broad SMARTS) is 1. The summed E-state index contributed by atoms with van der Waals surface area (Å²) in [5, 5.41) is 12.5. The molecule has 0 radical (unpaired) electrons. The number of benzene rings is 1. The van der Waals surface area contributed by atoms with Gasteiger partial charge in [0, 0.05) is 10.4 Å². The van der Waals surface area contributed by atoms with E-state index < -0.39 is 29.6 Å². The fourth-order valence-corrected chi connectivity index (χ4v) is 4.49. The van der Waals surface area contributed by atoms with E-state index in [9.17, 15) is 19.5 Å². The highest BCUT2D eigenvalue weighted by Crippen LogP contribution is 2.40. The standard InChI is InChI=1S/C20H20N2O4S/c1-11-15(12-7-3-2-4-8-12)16(17(21)23)19(27-11)22-18(24)13-9-5-6-10-14(13)20(25)26/h2-8,13-14H,9-10H2,1H3,(H2,21,23)(H,22,24)(H,25,26)/t13-,14-/m0/s1. The molecule has 7 heteroatoms. The molecule has 1 aliphatic carbocycles. The van der Waals surface area contributed by atoms with Gasteiger partial charge < -0.3 is 16.2 Å². The predicted molar refractivity (Wildman–Crippen MR) is 105 cm³/mol. The van der Waals surface area contributed by atoms with Crippen LogP contribution in [0, 0.1) is 18.8 Å². The SMILES string of the molecule is Cc1sc(NC(=O)[C@H]2CC=CC[C@@H]2C(=O)O)c(C(N)=O)c1-c1ccccc1. The number of nitrogens with one attached hydrogen (secondary N) is 1. The Bertz CT molecular complexity index is 918. The van der Waals surface area contributed by atoms with Crippen LogP contribution in [0.25, 0.3) is 11.1 Å². The molecule has 4 N–H and O–H groups in total. The molecule has 140 valence electrons. The Morgan fingerprint density at radius 1 is 1.11 bits per heavy atom. The first kappa shape index (κ1) is 18.8. The van der Waals surface area contributed by atoms with E-state index in [1.54, 1.807) is 6.08 Å². The van der Waals surface area contributed by atoms with Gasteiger partial charge >= 0.3 is 5.97 Å². The van der Waals surface area contributed by atoms with Crippen LogP contribution < -0.4 is 11.1 Å². The average molecular weight is 384 g/mol. The Labute approximate surface area is 160 Å². The lowest BCUT2D eigenvalue weighted by molar-refractivity contribution is -0.146. The first-order valence-electron chi connectivity index (χ1n) is 8.57. The van der Waals surface area contributed by atoms with Crippen LogP contribution in [0.3, 0.4) is 0 Å². The number of hydrogen-bond acceptors (Lipinski definition) is 4. The number of anilines is 1. The zero-order chi connectivity index (χ0) is 19.6. The number of rotatable bonds is 5. The number of hydrogen-bond donors (Lipinski definition) is 3. The summed E-state index contributed by atoms with van der Waals surface area (Å²) in [6.45, 7) is 1.86. The van der Waals surface area contributed by atoms with E-state index in [1.165, 1.54) is 11.3 Å². The van der Waals surface area contributed by atoms with Gasteiger partial charge in [0.1, 0.15) is 5.00 Å². The monoisotopic (exact) mass is 384 g/mol. The molecule has 0 aliphatic heterocycles. The highest BCUT2D eigenvalue weighted by atomic mass is 32.1. The zero-order valence-corrected chi connectivity index (χ0v) is 15.6. The third-order valence-electron chi connectivity index (χ3n) is 4.72. The molecule has 0 saturated carbocycles. The lowest BCUT2D eigenvalue weighted by Gasteiger charge is -2.24. The van der Waals surface area contributed by atoms with Crippen molar-refractivity contribution in [2.75, 3.05) is 5.32 Å². The quantitative estimate of drug-likeness (QED) is 0.686. The largest absolute Gasteiger partial charge is 0.481 e. The van der Waals surface area contributed by atoms with Crippen molar-refractivity contribution in [3.8, 4) is 11.1 Å². The Kier molecular flexibility index (Phi) is 5.41. The predicted octanol–water partition coefficient (Wildman–Crippen LogP) is 3.43. The van der Waals surface area contributed by atoms with Gasteiger partial charge in [0.2, 0.25) is 5.91 Å². The van der Waals surface area contributed by atoms with Crippen LogP contribution in [0.2, 0.25) is 0 Å². The van der Waals surface area contributed by atoms with Crippen LogP contribution in [-0.2, 0) is 9.59 Å². The first-order chi connectivity index (χ1) is 12.9. The summed E-state index contributed by atoms with van der Waals surface area (Å²) in [4.78, 5) is 37.2. The Balaban J connectivity index is 1.96. The van der Waals surface area contributed by atoms with E-state index in [4.69, 9.17) is 5.73 Å². The highest BCUT2D eigenvalue weighted by Gasteiger charge is 2.35. The minimum Gasteiger partial charge on any atom is -0.481 e. The summed E-state index contributed by atoms with van der Waals surface area (Å²) in [6, 6.07) is 9.35. The van der Waals surface area contributed by atoms with Crippen molar-refractivity contribution >= 4 is 34.1 Å². The number of primary amides is 1. The summed E-state index contributed by atoms with van der Waals surface area (Å²) in [5.41, 5.74) is 7.40. The Morgan fingerprint density at radius 2 is 1.74 bits per heavy atom. The van der Waals surface area contributed by atoms with Crippen molar-refractivity contribution in [3.05, 3.63) is 52.9 Å². The van der Waals surface area contributed by atoms with Gasteiger partial charge in [-0.25, -0.2) is 0 Å². The Hall–Kier alpha value is -2.93. The molecule has 0 saturated heterocycles. The lowest BCUT2D eigenvalue weighted by atomic mass is 9.82. The van der Waals surface area contributed by atoms with Crippen molar-refractivity contribution in [3.63, 3.8) is 0 Å². The van der Waals surface area contributed by atoms with Crippen molar-refractivity contribution in [1.82, 2.24) is 0 Å². The molecule has 0 fully saturated rings. The molecule has 1 aliphatic rings. The van der Waals surface area contributed by atoms with Crippen LogP contribution in [0.15, 0.2) is 42.5 Å². The molecule has 0 spiro atoms. The normalized spacial score (nSPS) is 18.9. The van der Waals surface area contributed by atoms with Crippen molar-refractivity contribution < 1.29 is 19.5 Å². The smallest absolute Gasteiger partial charge is 0.307 e. The van der Waals surface area contributed by atoms with Crippen LogP contribution in [0.5, 0.6) is 0 Å². The van der Waals surface area contributed by atoms with E-state index in [1.807, 2.05) is 43.3 Å². The van der Waals surface area contributed by atoms with Crippen molar-refractivity contribution in [2.45, 2.75) is 19.8 Å². The molecule has 1 aromatic heterocycles. The lowest BCUT2D eigenvalue weighted by Crippen LogP contribution is -2.35. The third-order valence-corrected chi connectivity index (χ3v) is 5.74. The van der Waals surface area contributed by atoms with Crippen LogP contribution in [-0.4, -0.2) is 22.9 Å². The molecule has 2 atom stereocenters. The van der Waals surface area contributed by atoms with Gasteiger partial charge in [-0.1, -0.05) is 42.5 Å². The second-order valence-corrected chi connectivity index (χ2v) is 7.68. The molecule has 0 unspecified atom stereocenters. The van der Waals surface area contributed by atoms with E-state index in [0.29, 0.717) is 23.4 Å². The molecule has 3 rings (SSSR count). The maximum atomic E-state index is 12.8. The molecular weight excluding hydrogens is 364 g/mol. The van der Waals surface area contributed by atoms with Crippen LogP contribution in [0.4, 0.5) is 5.00 Å². The van der Waals surface area contributed by atoms with Gasteiger partial charge in [0.15, 0.2) is 0 Å². The minimum absolute atomic E-state index is 0.260. The molecule has 2 amide bonds. The molecular formula is C20H20N2O4S. The molecule has 1 heterocycles. The molecule has 0 bridgehead atoms. The minimum atomic E-state index is -0.998. The maximum Gasteiger partial charge on any atom is 0.307 e. The fraction of sp³-hybridized carbons (Fsp3) is 0.250. The molecule has 1 aromatic carbocycles. The number of aryl methyl sites for hydroxylation is 1. The van der Waals surface area contributed by atoms with E-state index in [2.05, 4.69) is 5.32 Å². The maximum absolute atomic E-state index is 12.8. The van der Waals surface area contributed by atoms with Gasteiger partial charge in [0.05, 0.1) is 17.4 Å². The molecule has 27 heavy (non-hydrogen) atoms. The second-order valence-electron chi connectivity index (χ2n) is 6.45. The van der Waals surface area contributed by atoms with Gasteiger partial charge in [-0.3, -0.25) is 14.4 Å². The van der Waals surface area contributed by atoms with Crippen LogP contribution >= 0.6 is 11.3 Å². The summed E-state index contributed by atoms with van der Waals surface area (Å²) < 4.78 is 0.